The molecule has 0 aliphatic heterocycles. The first-order chi connectivity index (χ1) is 13.6. The van der Waals surface area contributed by atoms with Crippen LogP contribution in [0.3, 0.4) is 0 Å². The average molecular weight is 399 g/mol. The second-order valence-electron chi connectivity index (χ2n) is 5.69. The summed E-state index contributed by atoms with van der Waals surface area (Å²) >= 11 is 6.12. The van der Waals surface area contributed by atoms with Crippen molar-refractivity contribution < 1.29 is 14.3 Å². The normalized spacial score (nSPS) is 10.1. The van der Waals surface area contributed by atoms with E-state index >= 15 is 0 Å². The van der Waals surface area contributed by atoms with Gasteiger partial charge in [0.25, 0.3) is 0 Å². The summed E-state index contributed by atoms with van der Waals surface area (Å²) in [7, 11) is 3.10. The van der Waals surface area contributed by atoms with Crippen LogP contribution in [-0.2, 0) is 0 Å². The third-order valence-corrected chi connectivity index (χ3v) is 4.09. The summed E-state index contributed by atoms with van der Waals surface area (Å²) in [6, 6.07) is 15.7. The number of hydrogen-bond donors (Lipinski definition) is 3. The number of para-hydroxylation sites is 1. The number of anilines is 4. The maximum atomic E-state index is 12.0. The predicted octanol–water partition coefficient (Wildman–Crippen LogP) is 5.14. The van der Waals surface area contributed by atoms with E-state index < -0.39 is 0 Å². The summed E-state index contributed by atoms with van der Waals surface area (Å²) in [5, 5.41) is 9.05. The van der Waals surface area contributed by atoms with Gasteiger partial charge in [0.1, 0.15) is 17.3 Å². The monoisotopic (exact) mass is 398 g/mol. The van der Waals surface area contributed by atoms with E-state index in [0.717, 1.165) is 0 Å². The number of nitrogens with one attached hydrogen (secondary N) is 3. The smallest absolute Gasteiger partial charge is 0.324 e. The fraction of sp³-hybridized carbons (Fsp3) is 0.100. The molecule has 3 aromatic rings. The summed E-state index contributed by atoms with van der Waals surface area (Å²) < 4.78 is 10.6. The zero-order chi connectivity index (χ0) is 19.9. The van der Waals surface area contributed by atoms with Crippen molar-refractivity contribution in [3.8, 4) is 11.5 Å². The van der Waals surface area contributed by atoms with E-state index in [9.17, 15) is 4.79 Å². The van der Waals surface area contributed by atoms with Crippen molar-refractivity contribution in [1.82, 2.24) is 4.98 Å². The van der Waals surface area contributed by atoms with Gasteiger partial charge in [-0.3, -0.25) is 5.32 Å². The van der Waals surface area contributed by atoms with Crippen LogP contribution in [0.5, 0.6) is 11.5 Å². The first-order valence-electron chi connectivity index (χ1n) is 8.36. The van der Waals surface area contributed by atoms with Gasteiger partial charge in [-0.2, -0.15) is 0 Å². The number of halogens is 1. The van der Waals surface area contributed by atoms with Crippen molar-refractivity contribution in [2.24, 2.45) is 0 Å². The van der Waals surface area contributed by atoms with Crippen molar-refractivity contribution in [1.29, 1.82) is 0 Å². The second kappa shape index (κ2) is 8.96. The molecule has 0 bridgehead atoms. The van der Waals surface area contributed by atoms with Crippen molar-refractivity contribution in [3.05, 3.63) is 65.8 Å². The lowest BCUT2D eigenvalue weighted by Crippen LogP contribution is -2.19. The molecule has 28 heavy (non-hydrogen) atoms. The van der Waals surface area contributed by atoms with Crippen LogP contribution in [0.25, 0.3) is 0 Å². The van der Waals surface area contributed by atoms with Crippen LogP contribution in [0.1, 0.15) is 0 Å². The number of benzene rings is 2. The average Bonchev–Trinajstić information content (AvgIpc) is 2.71. The molecule has 3 N–H and O–H groups in total. The summed E-state index contributed by atoms with van der Waals surface area (Å²) in [6.45, 7) is 0. The molecule has 0 saturated carbocycles. The number of urea groups is 1. The summed E-state index contributed by atoms with van der Waals surface area (Å²) in [4.78, 5) is 16.3. The summed E-state index contributed by atoms with van der Waals surface area (Å²) in [5.41, 5.74) is 2.08. The largest absolute Gasteiger partial charge is 0.495 e. The van der Waals surface area contributed by atoms with Crippen molar-refractivity contribution in [2.75, 3.05) is 30.2 Å². The number of methoxy groups -OCH3 is 2. The van der Waals surface area contributed by atoms with Gasteiger partial charge in [0.15, 0.2) is 0 Å². The van der Waals surface area contributed by atoms with Crippen molar-refractivity contribution >= 4 is 40.5 Å². The molecule has 0 radical (unpaired) electrons. The molecule has 1 heterocycles. The third-order valence-electron chi connectivity index (χ3n) is 3.79. The Morgan fingerprint density at radius 3 is 2.32 bits per heavy atom. The highest BCUT2D eigenvalue weighted by Crippen LogP contribution is 2.37. The van der Waals surface area contributed by atoms with Crippen LogP contribution < -0.4 is 25.4 Å². The van der Waals surface area contributed by atoms with E-state index in [0.29, 0.717) is 39.4 Å². The van der Waals surface area contributed by atoms with Gasteiger partial charge in [0.05, 0.1) is 36.8 Å². The number of carbonyl (C=O) groups is 1. The standard InChI is InChI=1S/C20H19ClN4O3/c1-27-17-11-16(18(28-2)10-15(17)21)23-14-8-9-19(22-12-14)25-20(26)24-13-6-4-3-5-7-13/h3-12,23H,1-2H3,(H2,22,24,25,26). The number of amides is 2. The number of hydrogen-bond acceptors (Lipinski definition) is 5. The van der Waals surface area contributed by atoms with Crippen LogP contribution in [0, 0.1) is 0 Å². The van der Waals surface area contributed by atoms with Crippen LogP contribution in [0.4, 0.5) is 27.7 Å². The molecular weight excluding hydrogens is 380 g/mol. The van der Waals surface area contributed by atoms with Crippen molar-refractivity contribution in [3.63, 3.8) is 0 Å². The summed E-state index contributed by atoms with van der Waals surface area (Å²) in [5.74, 6) is 1.50. The fourth-order valence-corrected chi connectivity index (χ4v) is 2.69. The molecule has 8 heteroatoms. The lowest BCUT2D eigenvalue weighted by atomic mass is 10.2. The second-order valence-corrected chi connectivity index (χ2v) is 6.10. The summed E-state index contributed by atoms with van der Waals surface area (Å²) in [6.07, 6.45) is 1.60. The first-order valence-corrected chi connectivity index (χ1v) is 8.74. The molecule has 2 aromatic carbocycles. The van der Waals surface area contributed by atoms with Crippen LogP contribution >= 0.6 is 11.6 Å². The van der Waals surface area contributed by atoms with Gasteiger partial charge in [-0.1, -0.05) is 29.8 Å². The number of rotatable bonds is 6. The number of carbonyl (C=O) groups excluding carboxylic acids is 1. The van der Waals surface area contributed by atoms with E-state index in [2.05, 4.69) is 20.9 Å². The Bertz CT molecular complexity index is 950. The molecule has 0 saturated heterocycles. The lowest BCUT2D eigenvalue weighted by Gasteiger charge is -2.14. The molecule has 0 fully saturated rings. The van der Waals surface area contributed by atoms with Crippen molar-refractivity contribution in [2.45, 2.75) is 0 Å². The molecule has 2 amide bonds. The van der Waals surface area contributed by atoms with Gasteiger partial charge in [-0.05, 0) is 24.3 Å². The van der Waals surface area contributed by atoms with Gasteiger partial charge in [0.2, 0.25) is 0 Å². The van der Waals surface area contributed by atoms with Gasteiger partial charge < -0.3 is 20.1 Å². The molecule has 144 valence electrons. The van der Waals surface area contributed by atoms with E-state index in [1.54, 1.807) is 56.8 Å². The Kier molecular flexibility index (Phi) is 6.18. The van der Waals surface area contributed by atoms with Crippen LogP contribution in [0.2, 0.25) is 5.02 Å². The molecule has 3 rings (SSSR count). The van der Waals surface area contributed by atoms with Crippen LogP contribution in [-0.4, -0.2) is 25.2 Å². The maximum absolute atomic E-state index is 12.0. The minimum atomic E-state index is -0.372. The molecule has 0 aliphatic carbocycles. The van der Waals surface area contributed by atoms with Gasteiger partial charge in [-0.15, -0.1) is 0 Å². The molecular formula is C20H19ClN4O3. The SMILES string of the molecule is COc1cc(Nc2ccc(NC(=O)Nc3ccccc3)nc2)c(OC)cc1Cl. The minimum absolute atomic E-state index is 0.372. The first kappa shape index (κ1) is 19.3. The Morgan fingerprint density at radius 2 is 1.68 bits per heavy atom. The Morgan fingerprint density at radius 1 is 0.929 bits per heavy atom. The zero-order valence-corrected chi connectivity index (χ0v) is 16.1. The lowest BCUT2D eigenvalue weighted by molar-refractivity contribution is 0.262. The van der Waals surface area contributed by atoms with Gasteiger partial charge >= 0.3 is 6.03 Å². The molecule has 0 unspecified atom stereocenters. The highest BCUT2D eigenvalue weighted by molar-refractivity contribution is 6.32. The van der Waals surface area contributed by atoms with E-state index in [4.69, 9.17) is 21.1 Å². The van der Waals surface area contributed by atoms with E-state index in [-0.39, 0.29) is 6.03 Å². The highest BCUT2D eigenvalue weighted by atomic mass is 35.5. The van der Waals surface area contributed by atoms with Gasteiger partial charge in [0, 0.05) is 17.8 Å². The maximum Gasteiger partial charge on any atom is 0.324 e. The number of nitrogens with zero attached hydrogens (tertiary/aromatic N) is 1. The Balaban J connectivity index is 1.67. The number of pyridine rings is 1. The molecule has 0 spiro atoms. The Hall–Kier alpha value is -3.45. The van der Waals surface area contributed by atoms with Gasteiger partial charge in [-0.25, -0.2) is 9.78 Å². The molecule has 0 atom stereocenters. The molecule has 7 nitrogen and oxygen atoms in total. The zero-order valence-electron chi connectivity index (χ0n) is 15.3. The predicted molar refractivity (Wildman–Crippen MR) is 111 cm³/mol. The Labute approximate surface area is 167 Å². The van der Waals surface area contributed by atoms with E-state index in [1.165, 1.54) is 0 Å². The molecule has 0 aliphatic rings. The topological polar surface area (TPSA) is 84.5 Å². The highest BCUT2D eigenvalue weighted by Gasteiger charge is 2.11. The number of aromatic nitrogens is 1. The molecule has 1 aromatic heterocycles. The van der Waals surface area contributed by atoms with Crippen LogP contribution in [0.15, 0.2) is 60.8 Å². The third kappa shape index (κ3) is 4.83. The quantitative estimate of drug-likeness (QED) is 0.535. The van der Waals surface area contributed by atoms with E-state index in [1.807, 2.05) is 18.2 Å². The fourth-order valence-electron chi connectivity index (χ4n) is 2.46. The number of ether oxygens (including phenoxy) is 2. The minimum Gasteiger partial charge on any atom is -0.495 e.